The van der Waals surface area contributed by atoms with Crippen molar-refractivity contribution < 1.29 is 8.42 Å². The van der Waals surface area contributed by atoms with Crippen LogP contribution >= 0.6 is 12.2 Å². The summed E-state index contributed by atoms with van der Waals surface area (Å²) in [5.74, 6) is 2.31. The molecule has 0 heterocycles. The van der Waals surface area contributed by atoms with E-state index in [4.69, 9.17) is 18.0 Å². The molecule has 0 aliphatic heterocycles. The van der Waals surface area contributed by atoms with Crippen LogP contribution in [0.3, 0.4) is 0 Å². The maximum Gasteiger partial charge on any atom is 0.265 e. The molecule has 7 heteroatoms. The van der Waals surface area contributed by atoms with E-state index in [1.54, 1.807) is 18.2 Å². The molecule has 0 aromatic heterocycles. The third kappa shape index (κ3) is 2.88. The van der Waals surface area contributed by atoms with Crippen molar-refractivity contribution in [2.24, 2.45) is 17.8 Å². The number of nitrogens with one attached hydrogen (secondary N) is 2. The van der Waals surface area contributed by atoms with Crippen molar-refractivity contribution in [3.05, 3.63) is 24.3 Å². The minimum absolute atomic E-state index is 0.0173. The molecule has 1 aromatic carbocycles. The van der Waals surface area contributed by atoms with Crippen LogP contribution in [0.2, 0.25) is 0 Å². The summed E-state index contributed by atoms with van der Waals surface area (Å²) in [4.78, 5) is 0.0691. The number of sulfonamides is 1. The lowest BCUT2D eigenvalue weighted by molar-refractivity contribution is -0.00996. The van der Waals surface area contributed by atoms with E-state index in [2.05, 4.69) is 10.0 Å². The Bertz CT molecular complexity index is 741. The highest BCUT2D eigenvalue weighted by Gasteiger charge is 2.51. The fourth-order valence-electron chi connectivity index (χ4n) is 5.43. The topological polar surface area (TPSA) is 84.2 Å². The molecular weight excluding hydrogens is 342 g/mol. The summed E-state index contributed by atoms with van der Waals surface area (Å²) in [6.07, 6.45) is 7.32. The number of thiocarbonyl (C=S) groups is 1. The fraction of sp³-hybridized carbons (Fsp3) is 0.588. The van der Waals surface area contributed by atoms with Gasteiger partial charge in [0.25, 0.3) is 10.0 Å². The van der Waals surface area contributed by atoms with E-state index >= 15 is 0 Å². The van der Waals surface area contributed by atoms with Crippen LogP contribution in [-0.2, 0) is 10.0 Å². The molecule has 130 valence electrons. The molecule has 4 N–H and O–H groups in total. The Kier molecular flexibility index (Phi) is 3.76. The highest BCUT2D eigenvalue weighted by molar-refractivity contribution is 7.92. The first kappa shape index (κ1) is 16.1. The van der Waals surface area contributed by atoms with Crippen LogP contribution in [0, 0.1) is 17.8 Å². The highest BCUT2D eigenvalue weighted by Crippen LogP contribution is 2.55. The van der Waals surface area contributed by atoms with Crippen LogP contribution in [-0.4, -0.2) is 19.1 Å². The van der Waals surface area contributed by atoms with Gasteiger partial charge < -0.3 is 11.1 Å². The Hall–Kier alpha value is -1.34. The molecule has 0 unspecified atom stereocenters. The zero-order valence-corrected chi connectivity index (χ0v) is 15.1. The minimum atomic E-state index is -3.75. The fourth-order valence-corrected chi connectivity index (χ4v) is 7.02. The normalized spacial score (nSPS) is 34.1. The predicted octanol–water partition coefficient (Wildman–Crippen LogP) is 2.39. The Balaban J connectivity index is 1.48. The van der Waals surface area contributed by atoms with Gasteiger partial charge in [-0.05, 0) is 80.6 Å². The molecule has 5 nitrogen and oxygen atoms in total. The quantitative estimate of drug-likeness (QED) is 0.566. The summed E-state index contributed by atoms with van der Waals surface area (Å²) in [5, 5.41) is 3.56. The van der Waals surface area contributed by atoms with E-state index in [0.717, 1.165) is 37.0 Å². The second kappa shape index (κ2) is 5.59. The molecule has 24 heavy (non-hydrogen) atoms. The molecule has 4 saturated carbocycles. The summed E-state index contributed by atoms with van der Waals surface area (Å²) >= 11 is 5.34. The van der Waals surface area contributed by atoms with E-state index in [1.807, 2.05) is 0 Å². The van der Waals surface area contributed by atoms with Crippen molar-refractivity contribution in [3.8, 4) is 0 Å². The SMILES string of the molecule is Nc1ccccc1S(=O)(=O)NC(=S)NC12CC3CC(CC(C3)C1)C2. The van der Waals surface area contributed by atoms with Gasteiger partial charge in [0.2, 0.25) is 0 Å². The lowest BCUT2D eigenvalue weighted by Gasteiger charge is -2.57. The monoisotopic (exact) mass is 365 g/mol. The smallest absolute Gasteiger partial charge is 0.265 e. The van der Waals surface area contributed by atoms with Crippen LogP contribution in [0.4, 0.5) is 5.69 Å². The van der Waals surface area contributed by atoms with E-state index in [1.165, 1.54) is 25.3 Å². The standard InChI is InChI=1S/C17H23N3O2S2/c18-14-3-1-2-4-15(14)24(21,22)20-16(23)19-17-8-11-5-12(9-17)7-13(6-11)10-17/h1-4,11-13H,5-10,18H2,(H2,19,20,23). The van der Waals surface area contributed by atoms with Gasteiger partial charge in [-0.3, -0.25) is 4.72 Å². The van der Waals surface area contributed by atoms with Gasteiger partial charge in [0.1, 0.15) is 4.90 Å². The van der Waals surface area contributed by atoms with Gasteiger partial charge in [-0.15, -0.1) is 0 Å². The summed E-state index contributed by atoms with van der Waals surface area (Å²) in [7, 11) is -3.75. The molecule has 0 saturated heterocycles. The number of nitrogens with two attached hydrogens (primary N) is 1. The van der Waals surface area contributed by atoms with Crippen molar-refractivity contribution >= 4 is 33.0 Å². The van der Waals surface area contributed by atoms with Gasteiger partial charge in [-0.25, -0.2) is 8.42 Å². The largest absolute Gasteiger partial charge is 0.398 e. The van der Waals surface area contributed by atoms with Gasteiger partial charge in [0.05, 0.1) is 5.69 Å². The van der Waals surface area contributed by atoms with Crippen molar-refractivity contribution in [2.75, 3.05) is 5.73 Å². The maximum absolute atomic E-state index is 12.5. The minimum Gasteiger partial charge on any atom is -0.398 e. The Labute approximate surface area is 148 Å². The van der Waals surface area contributed by atoms with Gasteiger partial charge in [-0.1, -0.05) is 12.1 Å². The lowest BCUT2D eigenvalue weighted by Crippen LogP contribution is -2.61. The van der Waals surface area contributed by atoms with Gasteiger partial charge in [0.15, 0.2) is 5.11 Å². The number of para-hydroxylation sites is 1. The molecule has 0 amide bonds. The zero-order valence-electron chi connectivity index (χ0n) is 13.5. The first-order chi connectivity index (χ1) is 11.4. The average Bonchev–Trinajstić information content (AvgIpc) is 2.44. The van der Waals surface area contributed by atoms with Gasteiger partial charge >= 0.3 is 0 Å². The lowest BCUT2D eigenvalue weighted by atomic mass is 9.53. The van der Waals surface area contributed by atoms with Crippen molar-refractivity contribution in [2.45, 2.75) is 49.0 Å². The van der Waals surface area contributed by atoms with Gasteiger partial charge in [0, 0.05) is 5.54 Å². The van der Waals surface area contributed by atoms with E-state index in [-0.39, 0.29) is 21.2 Å². The van der Waals surface area contributed by atoms with Crippen LogP contribution in [0.1, 0.15) is 38.5 Å². The number of hydrogen-bond donors (Lipinski definition) is 3. The number of anilines is 1. The van der Waals surface area contributed by atoms with Crippen LogP contribution in [0.5, 0.6) is 0 Å². The number of benzene rings is 1. The Morgan fingerprint density at radius 2 is 1.62 bits per heavy atom. The molecule has 4 bridgehead atoms. The van der Waals surface area contributed by atoms with Crippen molar-refractivity contribution in [1.29, 1.82) is 0 Å². The summed E-state index contributed by atoms with van der Waals surface area (Å²) in [6, 6.07) is 6.43. The number of nitrogen functional groups attached to an aromatic ring is 1. The molecule has 1 aromatic rings. The molecule has 5 rings (SSSR count). The third-order valence-electron chi connectivity index (χ3n) is 5.85. The van der Waals surface area contributed by atoms with Crippen LogP contribution < -0.4 is 15.8 Å². The third-order valence-corrected chi connectivity index (χ3v) is 7.61. The summed E-state index contributed by atoms with van der Waals surface area (Å²) in [5.41, 5.74) is 5.99. The van der Waals surface area contributed by atoms with Crippen molar-refractivity contribution in [3.63, 3.8) is 0 Å². The number of hydrogen-bond acceptors (Lipinski definition) is 4. The van der Waals surface area contributed by atoms with E-state index < -0.39 is 10.0 Å². The highest BCUT2D eigenvalue weighted by atomic mass is 32.2. The Morgan fingerprint density at radius 3 is 2.17 bits per heavy atom. The molecule has 0 atom stereocenters. The molecule has 0 radical (unpaired) electrons. The first-order valence-electron chi connectivity index (χ1n) is 8.55. The zero-order chi connectivity index (χ0) is 16.9. The van der Waals surface area contributed by atoms with E-state index in [0.29, 0.717) is 0 Å². The summed E-state index contributed by atoms with van der Waals surface area (Å²) < 4.78 is 27.6. The molecular formula is C17H23N3O2S2. The maximum atomic E-state index is 12.5. The van der Waals surface area contributed by atoms with E-state index in [9.17, 15) is 8.42 Å². The van der Waals surface area contributed by atoms with Crippen LogP contribution in [0.15, 0.2) is 29.2 Å². The summed E-state index contributed by atoms with van der Waals surface area (Å²) in [6.45, 7) is 0. The predicted molar refractivity (Wildman–Crippen MR) is 97.8 cm³/mol. The van der Waals surface area contributed by atoms with Crippen LogP contribution in [0.25, 0.3) is 0 Å². The Morgan fingerprint density at radius 1 is 1.08 bits per heavy atom. The molecule has 0 spiro atoms. The van der Waals surface area contributed by atoms with Gasteiger partial charge in [-0.2, -0.15) is 0 Å². The second-order valence-electron chi connectivity index (χ2n) is 7.80. The molecule has 4 fully saturated rings. The molecule has 4 aliphatic carbocycles. The number of rotatable bonds is 3. The van der Waals surface area contributed by atoms with Crippen molar-refractivity contribution in [1.82, 2.24) is 10.0 Å². The second-order valence-corrected chi connectivity index (χ2v) is 9.85. The average molecular weight is 366 g/mol. The molecule has 4 aliphatic rings. The first-order valence-corrected chi connectivity index (χ1v) is 10.4.